The highest BCUT2D eigenvalue weighted by atomic mass is 16.3. The third-order valence-corrected chi connectivity index (χ3v) is 11.1. The zero-order valence-electron chi connectivity index (χ0n) is 29.2. The largest absolute Gasteiger partial charge is 0.456 e. The highest BCUT2D eigenvalue weighted by Gasteiger charge is 2.36. The molecule has 0 radical (unpaired) electrons. The summed E-state index contributed by atoms with van der Waals surface area (Å²) in [6, 6.07) is 55.3. The molecule has 3 heterocycles. The molecule has 250 valence electrons. The molecule has 0 N–H and O–H groups in total. The molecule has 11 rings (SSSR count). The van der Waals surface area contributed by atoms with Crippen LogP contribution in [0, 0.1) is 0 Å². The molecule has 0 amide bonds. The monoisotopic (exact) mass is 680 g/mol. The number of nitrogens with zero attached hydrogens (tertiary/aromatic N) is 4. The first-order valence-electron chi connectivity index (χ1n) is 18.0. The van der Waals surface area contributed by atoms with Gasteiger partial charge in [-0.15, -0.1) is 0 Å². The quantitative estimate of drug-likeness (QED) is 0.186. The third kappa shape index (κ3) is 4.40. The van der Waals surface area contributed by atoms with Gasteiger partial charge in [-0.05, 0) is 64.7 Å². The molecule has 0 aliphatic heterocycles. The van der Waals surface area contributed by atoms with Gasteiger partial charge in [-0.25, -0.2) is 15.0 Å². The van der Waals surface area contributed by atoms with Gasteiger partial charge in [-0.2, -0.15) is 0 Å². The summed E-state index contributed by atoms with van der Waals surface area (Å²) >= 11 is 0. The first-order valence-corrected chi connectivity index (χ1v) is 18.0. The average Bonchev–Trinajstić information content (AvgIpc) is 3.82. The fourth-order valence-corrected chi connectivity index (χ4v) is 8.51. The second kappa shape index (κ2) is 11.1. The molecule has 5 nitrogen and oxygen atoms in total. The van der Waals surface area contributed by atoms with Crippen LogP contribution in [-0.2, 0) is 5.41 Å². The fourth-order valence-electron chi connectivity index (χ4n) is 8.51. The van der Waals surface area contributed by atoms with Crippen LogP contribution in [0.1, 0.15) is 25.0 Å². The number of benzene rings is 7. The molecule has 1 aliphatic rings. The van der Waals surface area contributed by atoms with E-state index in [1.165, 1.54) is 44.1 Å². The molecule has 0 saturated heterocycles. The summed E-state index contributed by atoms with van der Waals surface area (Å²) in [5.74, 6) is 1.86. The van der Waals surface area contributed by atoms with Crippen LogP contribution in [0.4, 0.5) is 0 Å². The van der Waals surface area contributed by atoms with Crippen molar-refractivity contribution in [3.05, 3.63) is 169 Å². The van der Waals surface area contributed by atoms with E-state index in [0.717, 1.165) is 44.3 Å². The average molecular weight is 681 g/mol. The summed E-state index contributed by atoms with van der Waals surface area (Å²) in [7, 11) is 0. The number of para-hydroxylation sites is 1. The van der Waals surface area contributed by atoms with E-state index in [9.17, 15) is 0 Å². The van der Waals surface area contributed by atoms with Gasteiger partial charge in [0.2, 0.25) is 0 Å². The van der Waals surface area contributed by atoms with Crippen molar-refractivity contribution in [2.24, 2.45) is 0 Å². The van der Waals surface area contributed by atoms with Gasteiger partial charge in [0.1, 0.15) is 11.2 Å². The second-order valence-corrected chi connectivity index (χ2v) is 14.4. The van der Waals surface area contributed by atoms with Gasteiger partial charge in [-0.1, -0.05) is 129 Å². The minimum Gasteiger partial charge on any atom is -0.456 e. The number of furan rings is 1. The van der Waals surface area contributed by atoms with Crippen molar-refractivity contribution in [2.75, 3.05) is 0 Å². The maximum absolute atomic E-state index is 6.53. The Labute approximate surface area is 305 Å². The van der Waals surface area contributed by atoms with Gasteiger partial charge in [0.25, 0.3) is 0 Å². The Balaban J connectivity index is 1.16. The molecule has 0 fully saturated rings. The second-order valence-electron chi connectivity index (χ2n) is 14.4. The highest BCUT2D eigenvalue weighted by Crippen LogP contribution is 2.51. The highest BCUT2D eigenvalue weighted by molar-refractivity contribution is 6.14. The Morgan fingerprint density at radius 3 is 1.89 bits per heavy atom. The Hall–Kier alpha value is -6.85. The van der Waals surface area contributed by atoms with Crippen molar-refractivity contribution < 1.29 is 4.42 Å². The van der Waals surface area contributed by atoms with Crippen LogP contribution in [0.15, 0.2) is 162 Å². The molecule has 7 aromatic carbocycles. The first-order chi connectivity index (χ1) is 26.0. The summed E-state index contributed by atoms with van der Waals surface area (Å²) in [6.07, 6.45) is 0. The summed E-state index contributed by atoms with van der Waals surface area (Å²) < 4.78 is 8.95. The number of hydrogen-bond donors (Lipinski definition) is 0. The lowest BCUT2D eigenvalue weighted by molar-refractivity contribution is 0.661. The summed E-state index contributed by atoms with van der Waals surface area (Å²) in [5.41, 5.74) is 13.1. The third-order valence-electron chi connectivity index (χ3n) is 11.1. The van der Waals surface area contributed by atoms with Crippen molar-refractivity contribution in [3.8, 4) is 51.0 Å². The minimum absolute atomic E-state index is 0.108. The van der Waals surface area contributed by atoms with Crippen molar-refractivity contribution >= 4 is 43.7 Å². The Morgan fingerprint density at radius 2 is 1.11 bits per heavy atom. The number of hydrogen-bond acceptors (Lipinski definition) is 4. The topological polar surface area (TPSA) is 56.7 Å². The molecule has 0 saturated carbocycles. The summed E-state index contributed by atoms with van der Waals surface area (Å²) in [6.45, 7) is 4.69. The van der Waals surface area contributed by atoms with Gasteiger partial charge in [0.05, 0.1) is 11.0 Å². The van der Waals surface area contributed by atoms with Gasteiger partial charge < -0.3 is 8.98 Å². The molecular formula is C48H32N4O. The zero-order chi connectivity index (χ0) is 35.3. The van der Waals surface area contributed by atoms with Crippen LogP contribution in [0.25, 0.3) is 94.7 Å². The standard InChI is InChI=1S/C48H32N4O/c1-48(2)38-21-11-9-18-32(38)35-27-36-33-19-10-12-22-40(33)52(41(36)28-39(35)48)31-24-25-42-37(26-31)44-34(20-13-23-43(44)53-42)47-50-45(29-14-5-3-6-15-29)49-46(51-47)30-16-7-4-8-17-30/h3-28H,1-2H3. The fraction of sp³-hybridized carbons (Fsp3) is 0.0625. The van der Waals surface area contributed by atoms with E-state index < -0.39 is 0 Å². The molecule has 0 spiro atoms. The van der Waals surface area contributed by atoms with Crippen LogP contribution in [0.2, 0.25) is 0 Å². The molecule has 0 unspecified atom stereocenters. The number of aromatic nitrogens is 4. The van der Waals surface area contributed by atoms with E-state index in [1.54, 1.807) is 0 Å². The molecule has 1 aliphatic carbocycles. The van der Waals surface area contributed by atoms with E-state index in [2.05, 4.69) is 103 Å². The molecular weight excluding hydrogens is 649 g/mol. The molecule has 53 heavy (non-hydrogen) atoms. The maximum atomic E-state index is 6.53. The van der Waals surface area contributed by atoms with Crippen LogP contribution < -0.4 is 0 Å². The zero-order valence-corrected chi connectivity index (χ0v) is 29.2. The smallest absolute Gasteiger partial charge is 0.164 e. The molecule has 10 aromatic rings. The lowest BCUT2D eigenvalue weighted by Crippen LogP contribution is -2.14. The van der Waals surface area contributed by atoms with Crippen LogP contribution in [-0.4, -0.2) is 19.5 Å². The lowest BCUT2D eigenvalue weighted by atomic mass is 9.82. The van der Waals surface area contributed by atoms with Crippen LogP contribution >= 0.6 is 0 Å². The van der Waals surface area contributed by atoms with Crippen molar-refractivity contribution in [1.82, 2.24) is 19.5 Å². The van der Waals surface area contributed by atoms with Crippen LogP contribution in [0.3, 0.4) is 0 Å². The van der Waals surface area contributed by atoms with E-state index in [0.29, 0.717) is 17.5 Å². The Kier molecular flexibility index (Phi) is 6.23. The van der Waals surface area contributed by atoms with E-state index >= 15 is 0 Å². The van der Waals surface area contributed by atoms with E-state index in [4.69, 9.17) is 19.4 Å². The SMILES string of the molecule is CC1(C)c2ccccc2-c2cc3c4ccccc4n(-c4ccc5oc6cccc(-c7nc(-c8ccccc8)nc(-c8ccccc8)n7)c6c5c4)c3cc21. The van der Waals surface area contributed by atoms with Gasteiger partial charge >= 0.3 is 0 Å². The van der Waals surface area contributed by atoms with E-state index in [1.807, 2.05) is 72.8 Å². The van der Waals surface area contributed by atoms with E-state index in [-0.39, 0.29) is 5.41 Å². The molecule has 3 aromatic heterocycles. The summed E-state index contributed by atoms with van der Waals surface area (Å²) in [4.78, 5) is 15.1. The predicted octanol–water partition coefficient (Wildman–Crippen LogP) is 12.2. The summed E-state index contributed by atoms with van der Waals surface area (Å²) in [5, 5.41) is 4.47. The first kappa shape index (κ1) is 29.8. The number of rotatable bonds is 4. The van der Waals surface area contributed by atoms with Gasteiger partial charge in [-0.3, -0.25) is 0 Å². The molecule has 0 bridgehead atoms. The Bertz CT molecular complexity index is 3020. The van der Waals surface area contributed by atoms with Crippen LogP contribution in [0.5, 0.6) is 0 Å². The molecule has 5 heteroatoms. The van der Waals surface area contributed by atoms with Gasteiger partial charge in [0, 0.05) is 49.3 Å². The maximum Gasteiger partial charge on any atom is 0.164 e. The van der Waals surface area contributed by atoms with Crippen molar-refractivity contribution in [3.63, 3.8) is 0 Å². The number of fused-ring (bicyclic) bond motifs is 9. The predicted molar refractivity (Wildman–Crippen MR) is 215 cm³/mol. The van der Waals surface area contributed by atoms with Crippen molar-refractivity contribution in [2.45, 2.75) is 19.3 Å². The van der Waals surface area contributed by atoms with Crippen molar-refractivity contribution in [1.29, 1.82) is 0 Å². The van der Waals surface area contributed by atoms with Gasteiger partial charge in [0.15, 0.2) is 17.5 Å². The normalized spacial score (nSPS) is 13.2. The lowest BCUT2D eigenvalue weighted by Gasteiger charge is -2.21. The molecule has 0 atom stereocenters. The minimum atomic E-state index is -0.108. The Morgan fingerprint density at radius 1 is 0.453 bits per heavy atom.